The van der Waals surface area contributed by atoms with Gasteiger partial charge in [-0.2, -0.15) is 5.10 Å². The van der Waals surface area contributed by atoms with Gasteiger partial charge in [0.25, 0.3) is 0 Å². The quantitative estimate of drug-likeness (QED) is 0.899. The van der Waals surface area contributed by atoms with Gasteiger partial charge in [-0.05, 0) is 29.7 Å². The maximum absolute atomic E-state index is 12.4. The van der Waals surface area contributed by atoms with Crippen LogP contribution >= 0.6 is 0 Å². The van der Waals surface area contributed by atoms with Crippen LogP contribution < -0.4 is 5.32 Å². The van der Waals surface area contributed by atoms with Crippen LogP contribution in [0.4, 0.5) is 4.79 Å². The van der Waals surface area contributed by atoms with E-state index in [1.165, 1.54) is 0 Å². The minimum atomic E-state index is 0.00153. The van der Waals surface area contributed by atoms with Crippen molar-refractivity contribution in [2.45, 2.75) is 20.4 Å². The maximum Gasteiger partial charge on any atom is 0.317 e. The van der Waals surface area contributed by atoms with Gasteiger partial charge in [-0.3, -0.25) is 4.90 Å². The molecule has 0 atom stereocenters. The van der Waals surface area contributed by atoms with Crippen LogP contribution in [0.3, 0.4) is 0 Å². The van der Waals surface area contributed by atoms with E-state index in [0.29, 0.717) is 12.5 Å². The number of carbonyl (C=O) groups is 1. The Hall–Kier alpha value is -2.41. The molecule has 1 aliphatic heterocycles. The molecule has 2 aromatic rings. The zero-order chi connectivity index (χ0) is 17.6. The SMILES string of the molecule is CC(C)CN1CCN(C(=O)NCc2ccnc(-n3cccn3)c2)CC1. The molecule has 0 spiro atoms. The first kappa shape index (κ1) is 17.4. The van der Waals surface area contributed by atoms with Gasteiger partial charge >= 0.3 is 6.03 Å². The third-order valence-electron chi connectivity index (χ3n) is 4.28. The van der Waals surface area contributed by atoms with Gasteiger partial charge in [-0.25, -0.2) is 14.5 Å². The average molecular weight is 342 g/mol. The number of urea groups is 1. The van der Waals surface area contributed by atoms with E-state index in [2.05, 4.69) is 34.1 Å². The molecule has 2 aromatic heterocycles. The highest BCUT2D eigenvalue weighted by molar-refractivity contribution is 5.74. The van der Waals surface area contributed by atoms with Crippen LogP contribution in [0.2, 0.25) is 0 Å². The molecule has 1 saturated heterocycles. The minimum Gasteiger partial charge on any atom is -0.334 e. The number of carbonyl (C=O) groups excluding carboxylic acids is 1. The van der Waals surface area contributed by atoms with E-state index in [0.717, 1.165) is 44.1 Å². The Bertz CT molecular complexity index is 677. The highest BCUT2D eigenvalue weighted by Crippen LogP contribution is 2.08. The number of pyridine rings is 1. The Morgan fingerprint density at radius 3 is 2.72 bits per heavy atom. The topological polar surface area (TPSA) is 66.3 Å². The smallest absolute Gasteiger partial charge is 0.317 e. The molecule has 7 nitrogen and oxygen atoms in total. The fourth-order valence-corrected chi connectivity index (χ4v) is 3.04. The normalized spacial score (nSPS) is 15.6. The molecule has 0 saturated carbocycles. The van der Waals surface area contributed by atoms with Crippen molar-refractivity contribution in [3.8, 4) is 5.82 Å². The molecule has 7 heteroatoms. The van der Waals surface area contributed by atoms with E-state index < -0.39 is 0 Å². The highest BCUT2D eigenvalue weighted by atomic mass is 16.2. The van der Waals surface area contributed by atoms with E-state index in [1.807, 2.05) is 29.3 Å². The third-order valence-corrected chi connectivity index (χ3v) is 4.28. The van der Waals surface area contributed by atoms with Crippen LogP contribution in [0.1, 0.15) is 19.4 Å². The molecule has 25 heavy (non-hydrogen) atoms. The Balaban J connectivity index is 1.49. The minimum absolute atomic E-state index is 0.00153. The molecule has 0 bridgehead atoms. The Morgan fingerprint density at radius 2 is 2.04 bits per heavy atom. The molecular weight excluding hydrogens is 316 g/mol. The summed E-state index contributed by atoms with van der Waals surface area (Å²) < 4.78 is 1.71. The van der Waals surface area contributed by atoms with Crippen molar-refractivity contribution in [2.24, 2.45) is 5.92 Å². The Labute approximate surface area is 148 Å². The van der Waals surface area contributed by atoms with E-state index in [-0.39, 0.29) is 6.03 Å². The number of hydrogen-bond donors (Lipinski definition) is 1. The lowest BCUT2D eigenvalue weighted by atomic mass is 10.2. The lowest BCUT2D eigenvalue weighted by Gasteiger charge is -2.35. The van der Waals surface area contributed by atoms with E-state index in [4.69, 9.17) is 0 Å². The molecule has 1 fully saturated rings. The molecular formula is C18H26N6O. The number of nitrogens with one attached hydrogen (secondary N) is 1. The van der Waals surface area contributed by atoms with Crippen molar-refractivity contribution in [2.75, 3.05) is 32.7 Å². The second-order valence-corrected chi connectivity index (χ2v) is 6.81. The summed E-state index contributed by atoms with van der Waals surface area (Å²) in [6, 6.07) is 5.71. The highest BCUT2D eigenvalue weighted by Gasteiger charge is 2.21. The predicted octanol–water partition coefficient (Wildman–Crippen LogP) is 1.75. The molecule has 0 unspecified atom stereocenters. The number of nitrogens with zero attached hydrogens (tertiary/aromatic N) is 5. The first-order valence-corrected chi connectivity index (χ1v) is 8.82. The summed E-state index contributed by atoms with van der Waals surface area (Å²) in [5.74, 6) is 1.41. The standard InChI is InChI=1S/C18H26N6O/c1-15(2)14-22-8-10-23(11-9-22)18(25)20-13-16-4-6-19-17(12-16)24-7-3-5-21-24/h3-7,12,15H,8-11,13-14H2,1-2H3,(H,20,25). The van der Waals surface area contributed by atoms with Crippen molar-refractivity contribution >= 4 is 6.03 Å². The first-order chi connectivity index (χ1) is 12.1. The summed E-state index contributed by atoms with van der Waals surface area (Å²) in [6.45, 7) is 9.51. The number of aromatic nitrogens is 3. The number of rotatable bonds is 5. The largest absolute Gasteiger partial charge is 0.334 e. The van der Waals surface area contributed by atoms with Crippen molar-refractivity contribution in [1.82, 2.24) is 29.9 Å². The molecule has 0 aromatic carbocycles. The number of hydrogen-bond acceptors (Lipinski definition) is 4. The van der Waals surface area contributed by atoms with Crippen LogP contribution in [0.25, 0.3) is 5.82 Å². The lowest BCUT2D eigenvalue weighted by molar-refractivity contribution is 0.131. The summed E-state index contributed by atoms with van der Waals surface area (Å²) in [7, 11) is 0. The maximum atomic E-state index is 12.4. The second kappa shape index (κ2) is 8.11. The van der Waals surface area contributed by atoms with Crippen molar-refractivity contribution in [1.29, 1.82) is 0 Å². The van der Waals surface area contributed by atoms with Gasteiger partial charge in [0.05, 0.1) is 0 Å². The second-order valence-electron chi connectivity index (χ2n) is 6.81. The molecule has 0 aliphatic carbocycles. The van der Waals surface area contributed by atoms with Gasteiger partial charge in [0, 0.05) is 57.9 Å². The molecule has 0 radical (unpaired) electrons. The van der Waals surface area contributed by atoms with Gasteiger partial charge < -0.3 is 10.2 Å². The summed E-state index contributed by atoms with van der Waals surface area (Å²) in [4.78, 5) is 21.0. The zero-order valence-electron chi connectivity index (χ0n) is 14.9. The van der Waals surface area contributed by atoms with Crippen LogP contribution in [0.5, 0.6) is 0 Å². The molecule has 1 N–H and O–H groups in total. The van der Waals surface area contributed by atoms with E-state index >= 15 is 0 Å². The summed E-state index contributed by atoms with van der Waals surface area (Å²) in [6.07, 6.45) is 5.31. The molecule has 1 aliphatic rings. The van der Waals surface area contributed by atoms with Crippen LogP contribution in [-0.2, 0) is 6.54 Å². The van der Waals surface area contributed by atoms with E-state index in [9.17, 15) is 4.79 Å². The van der Waals surface area contributed by atoms with Gasteiger partial charge in [0.2, 0.25) is 0 Å². The van der Waals surface area contributed by atoms with Crippen LogP contribution in [0, 0.1) is 5.92 Å². The lowest BCUT2D eigenvalue weighted by Crippen LogP contribution is -2.52. The third kappa shape index (κ3) is 4.79. The number of amides is 2. The fourth-order valence-electron chi connectivity index (χ4n) is 3.04. The summed E-state index contributed by atoms with van der Waals surface area (Å²) in [5, 5.41) is 7.19. The van der Waals surface area contributed by atoms with E-state index in [1.54, 1.807) is 17.1 Å². The molecule has 3 rings (SSSR count). The molecule has 3 heterocycles. The summed E-state index contributed by atoms with van der Waals surface area (Å²) in [5.41, 5.74) is 1.01. The molecule has 134 valence electrons. The fraction of sp³-hybridized carbons (Fsp3) is 0.500. The van der Waals surface area contributed by atoms with Crippen LogP contribution in [0.15, 0.2) is 36.8 Å². The predicted molar refractivity (Wildman–Crippen MR) is 96.4 cm³/mol. The van der Waals surface area contributed by atoms with Crippen molar-refractivity contribution in [3.63, 3.8) is 0 Å². The van der Waals surface area contributed by atoms with Crippen LogP contribution in [-0.4, -0.2) is 63.3 Å². The average Bonchev–Trinajstić information content (AvgIpc) is 3.15. The van der Waals surface area contributed by atoms with Gasteiger partial charge in [0.15, 0.2) is 5.82 Å². The van der Waals surface area contributed by atoms with Crippen molar-refractivity contribution in [3.05, 3.63) is 42.4 Å². The Kier molecular flexibility index (Phi) is 5.65. The summed E-state index contributed by atoms with van der Waals surface area (Å²) >= 11 is 0. The van der Waals surface area contributed by atoms with Gasteiger partial charge in [-0.15, -0.1) is 0 Å². The number of piperazine rings is 1. The van der Waals surface area contributed by atoms with Gasteiger partial charge in [0.1, 0.15) is 0 Å². The van der Waals surface area contributed by atoms with Gasteiger partial charge in [-0.1, -0.05) is 13.8 Å². The Morgan fingerprint density at radius 1 is 1.24 bits per heavy atom. The molecule has 2 amide bonds. The zero-order valence-corrected chi connectivity index (χ0v) is 14.9. The van der Waals surface area contributed by atoms with Crippen molar-refractivity contribution < 1.29 is 4.79 Å². The first-order valence-electron chi connectivity index (χ1n) is 8.82. The monoisotopic (exact) mass is 342 g/mol.